The molecule has 0 atom stereocenters. The summed E-state index contributed by atoms with van der Waals surface area (Å²) in [5.74, 6) is 2.33. The molecule has 0 aromatic heterocycles. The van der Waals surface area contributed by atoms with Gasteiger partial charge in [-0.05, 0) is 6.07 Å². The molecule has 0 bridgehead atoms. The van der Waals surface area contributed by atoms with Crippen molar-refractivity contribution in [3.8, 4) is 12.3 Å². The van der Waals surface area contributed by atoms with Crippen molar-refractivity contribution in [3.63, 3.8) is 0 Å². The minimum absolute atomic E-state index is 0.0451. The van der Waals surface area contributed by atoms with E-state index >= 15 is 0 Å². The summed E-state index contributed by atoms with van der Waals surface area (Å²) >= 11 is 0. The number of hydrogen-bond donors (Lipinski definition) is 1. The summed E-state index contributed by atoms with van der Waals surface area (Å²) in [4.78, 5) is 12.7. The van der Waals surface area contributed by atoms with Crippen LogP contribution in [0.5, 0.6) is 0 Å². The first kappa shape index (κ1) is 13.1. The molecule has 98 valence electrons. The summed E-state index contributed by atoms with van der Waals surface area (Å²) in [5.41, 5.74) is 1.79. The summed E-state index contributed by atoms with van der Waals surface area (Å²) in [7, 11) is 0. The van der Waals surface area contributed by atoms with Crippen LogP contribution in [-0.2, 0) is 0 Å². The first-order valence-corrected chi connectivity index (χ1v) is 6.03. The van der Waals surface area contributed by atoms with Crippen LogP contribution in [0.1, 0.15) is 11.1 Å². The van der Waals surface area contributed by atoms with Gasteiger partial charge in [-0.15, -0.1) is 6.42 Å². The Labute approximate surface area is 112 Å². The molecule has 0 spiro atoms. The topological polar surface area (TPSA) is 58.4 Å². The molecule has 1 N–H and O–H groups in total. The minimum Gasteiger partial charge on any atom is -0.369 e. The number of nitro groups is 1. The van der Waals surface area contributed by atoms with E-state index in [0.29, 0.717) is 5.56 Å². The Morgan fingerprint density at radius 3 is 2.74 bits per heavy atom. The maximum Gasteiger partial charge on any atom is 0.285 e. The maximum absolute atomic E-state index is 11.0. The van der Waals surface area contributed by atoms with Gasteiger partial charge in [0, 0.05) is 43.5 Å². The lowest BCUT2D eigenvalue weighted by atomic mass is 10.1. The van der Waals surface area contributed by atoms with Gasteiger partial charge < -0.3 is 10.2 Å². The van der Waals surface area contributed by atoms with E-state index in [1.54, 1.807) is 12.1 Å². The Morgan fingerprint density at radius 2 is 2.16 bits per heavy atom. The highest BCUT2D eigenvalue weighted by atomic mass is 16.6. The predicted molar refractivity (Wildman–Crippen MR) is 74.5 cm³/mol. The van der Waals surface area contributed by atoms with Crippen LogP contribution < -0.4 is 5.32 Å². The largest absolute Gasteiger partial charge is 0.369 e. The van der Waals surface area contributed by atoms with E-state index in [-0.39, 0.29) is 5.69 Å². The third-order valence-corrected chi connectivity index (χ3v) is 3.18. The molecule has 1 saturated heterocycles. The second kappa shape index (κ2) is 5.55. The first-order valence-electron chi connectivity index (χ1n) is 6.03. The zero-order valence-electron chi connectivity index (χ0n) is 10.6. The van der Waals surface area contributed by atoms with Crippen LogP contribution in [0, 0.1) is 22.5 Å². The van der Waals surface area contributed by atoms with Crippen LogP contribution in [0.3, 0.4) is 0 Å². The quantitative estimate of drug-likeness (QED) is 0.506. The normalized spacial score (nSPS) is 14.8. The van der Waals surface area contributed by atoms with Crippen molar-refractivity contribution in [1.29, 1.82) is 0 Å². The molecule has 1 aliphatic heterocycles. The van der Waals surface area contributed by atoms with E-state index in [9.17, 15) is 10.1 Å². The van der Waals surface area contributed by atoms with E-state index in [4.69, 9.17) is 6.42 Å². The van der Waals surface area contributed by atoms with Gasteiger partial charge in [0.2, 0.25) is 0 Å². The van der Waals surface area contributed by atoms with Crippen molar-refractivity contribution < 1.29 is 4.92 Å². The van der Waals surface area contributed by atoms with Gasteiger partial charge in [0.15, 0.2) is 0 Å². The lowest BCUT2D eigenvalue weighted by molar-refractivity contribution is -0.385. The molecule has 0 unspecified atom stereocenters. The molecule has 1 aromatic carbocycles. The lowest BCUT2D eigenvalue weighted by Gasteiger charge is -2.31. The number of piperazine rings is 1. The zero-order valence-corrected chi connectivity index (χ0v) is 10.6. The van der Waals surface area contributed by atoms with Crippen molar-refractivity contribution in [2.45, 2.75) is 0 Å². The van der Waals surface area contributed by atoms with Gasteiger partial charge in [0.05, 0.1) is 4.92 Å². The van der Waals surface area contributed by atoms with Gasteiger partial charge in [-0.3, -0.25) is 10.1 Å². The smallest absolute Gasteiger partial charge is 0.285 e. The molecule has 0 amide bonds. The molecular formula is C14H15N3O2. The number of rotatable bonds is 3. The maximum atomic E-state index is 11.0. The highest BCUT2D eigenvalue weighted by Crippen LogP contribution is 2.25. The molecule has 2 rings (SSSR count). The van der Waals surface area contributed by atoms with Gasteiger partial charge in [0.25, 0.3) is 5.69 Å². The minimum atomic E-state index is -0.455. The standard InChI is InChI=1S/C14H15N3O2/c1-3-12-4-5-13(10-14(12)17(18)19)11(2)16-8-6-15-7-9-16/h1,4-5,10,15H,2,6-9H2. The molecule has 19 heavy (non-hydrogen) atoms. The molecule has 1 aliphatic rings. The van der Waals surface area contributed by atoms with Crippen molar-refractivity contribution >= 4 is 11.4 Å². The van der Waals surface area contributed by atoms with Crippen LogP contribution in [-0.4, -0.2) is 36.0 Å². The van der Waals surface area contributed by atoms with Gasteiger partial charge in [-0.25, -0.2) is 0 Å². The molecule has 5 heteroatoms. The number of nitro benzene ring substituents is 1. The first-order chi connectivity index (χ1) is 9.13. The number of nitrogens with one attached hydrogen (secondary N) is 1. The molecule has 1 aromatic rings. The second-order valence-electron chi connectivity index (χ2n) is 4.32. The number of benzene rings is 1. The van der Waals surface area contributed by atoms with E-state index in [1.165, 1.54) is 6.07 Å². The third kappa shape index (κ3) is 2.75. The Kier molecular flexibility index (Phi) is 3.83. The van der Waals surface area contributed by atoms with Gasteiger partial charge >= 0.3 is 0 Å². The Balaban J connectivity index is 2.30. The van der Waals surface area contributed by atoms with E-state index in [0.717, 1.165) is 37.4 Å². The summed E-state index contributed by atoms with van der Waals surface area (Å²) < 4.78 is 0. The Bertz CT molecular complexity index is 554. The van der Waals surface area contributed by atoms with E-state index in [1.807, 2.05) is 0 Å². The number of terminal acetylenes is 1. The molecule has 0 radical (unpaired) electrons. The highest BCUT2D eigenvalue weighted by molar-refractivity contribution is 5.67. The van der Waals surface area contributed by atoms with Crippen LogP contribution >= 0.6 is 0 Å². The average Bonchev–Trinajstić information content (AvgIpc) is 2.46. The molecular weight excluding hydrogens is 242 g/mol. The van der Waals surface area contributed by atoms with Gasteiger partial charge in [-0.2, -0.15) is 0 Å². The molecule has 0 saturated carbocycles. The van der Waals surface area contributed by atoms with Crippen molar-refractivity contribution in [2.24, 2.45) is 0 Å². The summed E-state index contributed by atoms with van der Waals surface area (Å²) in [6.07, 6.45) is 5.26. The van der Waals surface area contributed by atoms with Crippen LogP contribution in [0.25, 0.3) is 5.70 Å². The molecule has 1 heterocycles. The Hall–Kier alpha value is -2.32. The zero-order chi connectivity index (χ0) is 13.8. The Morgan fingerprint density at radius 1 is 1.47 bits per heavy atom. The fraction of sp³-hybridized carbons (Fsp3) is 0.286. The third-order valence-electron chi connectivity index (χ3n) is 3.18. The average molecular weight is 257 g/mol. The van der Waals surface area contributed by atoms with Gasteiger partial charge in [-0.1, -0.05) is 18.6 Å². The lowest BCUT2D eigenvalue weighted by Crippen LogP contribution is -2.42. The monoisotopic (exact) mass is 257 g/mol. The van der Waals surface area contributed by atoms with Crippen molar-refractivity contribution in [2.75, 3.05) is 26.2 Å². The van der Waals surface area contributed by atoms with E-state index < -0.39 is 4.92 Å². The van der Waals surface area contributed by atoms with Crippen molar-refractivity contribution in [3.05, 3.63) is 46.0 Å². The van der Waals surface area contributed by atoms with Crippen molar-refractivity contribution in [1.82, 2.24) is 10.2 Å². The number of hydrogen-bond acceptors (Lipinski definition) is 4. The predicted octanol–water partition coefficient (Wildman–Crippen LogP) is 1.45. The van der Waals surface area contributed by atoms with Crippen LogP contribution in [0.4, 0.5) is 5.69 Å². The van der Waals surface area contributed by atoms with Crippen LogP contribution in [0.2, 0.25) is 0 Å². The summed E-state index contributed by atoms with van der Waals surface area (Å²) in [6, 6.07) is 4.88. The number of nitrogens with zero attached hydrogens (tertiary/aromatic N) is 2. The molecule has 1 fully saturated rings. The van der Waals surface area contributed by atoms with Crippen LogP contribution in [0.15, 0.2) is 24.8 Å². The van der Waals surface area contributed by atoms with E-state index in [2.05, 4.69) is 22.7 Å². The van der Waals surface area contributed by atoms with Gasteiger partial charge in [0.1, 0.15) is 5.56 Å². The summed E-state index contributed by atoms with van der Waals surface area (Å²) in [6.45, 7) is 7.51. The summed E-state index contributed by atoms with van der Waals surface area (Å²) in [5, 5.41) is 14.2. The second-order valence-corrected chi connectivity index (χ2v) is 4.32. The fourth-order valence-corrected chi connectivity index (χ4v) is 2.10. The molecule has 0 aliphatic carbocycles. The molecule has 5 nitrogen and oxygen atoms in total. The fourth-order valence-electron chi connectivity index (χ4n) is 2.10. The SMILES string of the molecule is C#Cc1ccc(C(=C)N2CCNCC2)cc1[N+](=O)[O-]. The highest BCUT2D eigenvalue weighted by Gasteiger charge is 2.17.